The molecular weight excluding hydrogens is 274 g/mol. The number of carbonyl (C=O) groups excluding carboxylic acids is 2. The second-order valence-corrected chi connectivity index (χ2v) is 5.36. The number of hydrogen-bond acceptors (Lipinski definition) is 3. The van der Waals surface area contributed by atoms with Crippen LogP contribution < -0.4 is 5.32 Å². The molecule has 3 amide bonds. The molecule has 21 heavy (non-hydrogen) atoms. The van der Waals surface area contributed by atoms with Crippen molar-refractivity contribution in [3.05, 3.63) is 0 Å². The molecule has 0 aromatic rings. The molecule has 1 unspecified atom stereocenters. The summed E-state index contributed by atoms with van der Waals surface area (Å²) >= 11 is 0. The van der Waals surface area contributed by atoms with E-state index in [0.717, 1.165) is 12.8 Å². The van der Waals surface area contributed by atoms with E-state index in [2.05, 4.69) is 5.32 Å². The van der Waals surface area contributed by atoms with Crippen LogP contribution >= 0.6 is 0 Å². The van der Waals surface area contributed by atoms with Crippen LogP contribution in [0.1, 0.15) is 33.1 Å². The third-order valence-corrected chi connectivity index (χ3v) is 3.71. The van der Waals surface area contributed by atoms with Gasteiger partial charge in [0.05, 0.1) is 5.92 Å². The second kappa shape index (κ2) is 8.49. The molecule has 0 aromatic carbocycles. The number of rotatable bonds is 5. The number of nitrogens with zero attached hydrogens (tertiary/aromatic N) is 2. The molecular formula is C14H25N3O4. The van der Waals surface area contributed by atoms with Crippen LogP contribution in [0.4, 0.5) is 4.79 Å². The number of carbonyl (C=O) groups is 3. The summed E-state index contributed by atoms with van der Waals surface area (Å²) < 4.78 is 0. The van der Waals surface area contributed by atoms with Crippen molar-refractivity contribution >= 4 is 17.9 Å². The van der Waals surface area contributed by atoms with Crippen molar-refractivity contribution < 1.29 is 19.5 Å². The highest BCUT2D eigenvalue weighted by molar-refractivity contribution is 5.76. The Morgan fingerprint density at radius 2 is 1.76 bits per heavy atom. The summed E-state index contributed by atoms with van der Waals surface area (Å²) in [7, 11) is 0. The highest BCUT2D eigenvalue weighted by Gasteiger charge is 2.22. The number of carboxylic acids is 1. The minimum absolute atomic E-state index is 0.0196. The smallest absolute Gasteiger partial charge is 0.317 e. The zero-order valence-corrected chi connectivity index (χ0v) is 12.8. The first kappa shape index (κ1) is 17.3. The van der Waals surface area contributed by atoms with Gasteiger partial charge in [0, 0.05) is 39.6 Å². The summed E-state index contributed by atoms with van der Waals surface area (Å²) in [6, 6.07) is -0.247. The van der Waals surface area contributed by atoms with Crippen molar-refractivity contribution in [2.75, 3.05) is 32.7 Å². The first-order valence-electron chi connectivity index (χ1n) is 7.46. The third-order valence-electron chi connectivity index (χ3n) is 3.71. The van der Waals surface area contributed by atoms with Crippen LogP contribution in [0, 0.1) is 5.92 Å². The Labute approximate surface area is 125 Å². The number of carboxylic acid groups (broad SMARTS) is 1. The number of aliphatic carboxylic acids is 1. The number of amides is 3. The molecule has 7 nitrogen and oxygen atoms in total. The molecule has 1 heterocycles. The highest BCUT2D eigenvalue weighted by atomic mass is 16.4. The number of nitrogens with one attached hydrogen (secondary N) is 1. The first-order chi connectivity index (χ1) is 9.95. The normalized spacial score (nSPS) is 17.0. The van der Waals surface area contributed by atoms with Crippen molar-refractivity contribution in [1.82, 2.24) is 15.1 Å². The van der Waals surface area contributed by atoms with E-state index in [1.165, 1.54) is 6.92 Å². The number of hydrogen-bond donors (Lipinski definition) is 2. The van der Waals surface area contributed by atoms with Gasteiger partial charge in [-0.05, 0) is 12.8 Å². The molecule has 0 aromatic heterocycles. The van der Waals surface area contributed by atoms with Crippen molar-refractivity contribution in [3.63, 3.8) is 0 Å². The molecule has 1 saturated heterocycles. The summed E-state index contributed by atoms with van der Waals surface area (Å²) in [5.74, 6) is -1.40. The SMILES string of the molecule is CCCC(CNC(=O)N1CCCN(C(C)=O)CC1)C(=O)O. The van der Waals surface area contributed by atoms with Crippen LogP contribution in [0.5, 0.6) is 0 Å². The Kier molecular flexibility index (Phi) is 6.98. The van der Waals surface area contributed by atoms with Gasteiger partial charge in [0.2, 0.25) is 5.91 Å². The van der Waals surface area contributed by atoms with Crippen LogP contribution in [0.15, 0.2) is 0 Å². The lowest BCUT2D eigenvalue weighted by Crippen LogP contribution is -2.44. The van der Waals surface area contributed by atoms with Gasteiger partial charge in [-0.2, -0.15) is 0 Å². The lowest BCUT2D eigenvalue weighted by Gasteiger charge is -2.22. The summed E-state index contributed by atoms with van der Waals surface area (Å²) in [5.41, 5.74) is 0. The van der Waals surface area contributed by atoms with Crippen molar-refractivity contribution in [2.45, 2.75) is 33.1 Å². The van der Waals surface area contributed by atoms with E-state index in [1.54, 1.807) is 9.80 Å². The van der Waals surface area contributed by atoms with Gasteiger partial charge in [0.15, 0.2) is 0 Å². The van der Waals surface area contributed by atoms with Crippen molar-refractivity contribution in [2.24, 2.45) is 5.92 Å². The molecule has 1 rings (SSSR count). The quantitative estimate of drug-likeness (QED) is 0.784. The lowest BCUT2D eigenvalue weighted by atomic mass is 10.0. The van der Waals surface area contributed by atoms with Gasteiger partial charge in [0.1, 0.15) is 0 Å². The Morgan fingerprint density at radius 1 is 1.14 bits per heavy atom. The van der Waals surface area contributed by atoms with E-state index in [4.69, 9.17) is 5.11 Å². The Bertz CT molecular complexity index is 386. The van der Waals surface area contributed by atoms with Crippen LogP contribution in [0.25, 0.3) is 0 Å². The zero-order valence-electron chi connectivity index (χ0n) is 12.8. The van der Waals surface area contributed by atoms with Crippen LogP contribution in [0.2, 0.25) is 0 Å². The Hall–Kier alpha value is -1.79. The molecule has 1 aliphatic heterocycles. The van der Waals surface area contributed by atoms with Gasteiger partial charge in [0.25, 0.3) is 0 Å². The predicted octanol–water partition coefficient (Wildman–Crippen LogP) is 0.751. The molecule has 7 heteroatoms. The minimum atomic E-state index is -0.879. The summed E-state index contributed by atoms with van der Waals surface area (Å²) in [4.78, 5) is 37.8. The lowest BCUT2D eigenvalue weighted by molar-refractivity contribution is -0.141. The zero-order chi connectivity index (χ0) is 15.8. The van der Waals surface area contributed by atoms with Crippen molar-refractivity contribution in [1.29, 1.82) is 0 Å². The molecule has 1 atom stereocenters. The molecule has 0 radical (unpaired) electrons. The van der Waals surface area contributed by atoms with Gasteiger partial charge >= 0.3 is 12.0 Å². The molecule has 0 bridgehead atoms. The van der Waals surface area contributed by atoms with E-state index in [1.807, 2.05) is 6.92 Å². The van der Waals surface area contributed by atoms with Gasteiger partial charge in [-0.15, -0.1) is 0 Å². The minimum Gasteiger partial charge on any atom is -0.481 e. The van der Waals surface area contributed by atoms with E-state index in [0.29, 0.717) is 32.6 Å². The molecule has 0 spiro atoms. The van der Waals surface area contributed by atoms with Crippen LogP contribution in [-0.4, -0.2) is 65.5 Å². The average Bonchev–Trinajstić information content (AvgIpc) is 2.68. The molecule has 0 saturated carbocycles. The first-order valence-corrected chi connectivity index (χ1v) is 7.46. The topological polar surface area (TPSA) is 90.0 Å². The van der Waals surface area contributed by atoms with E-state index in [9.17, 15) is 14.4 Å². The van der Waals surface area contributed by atoms with E-state index < -0.39 is 11.9 Å². The largest absolute Gasteiger partial charge is 0.481 e. The standard InChI is InChI=1S/C14H25N3O4/c1-3-5-12(13(19)20)10-15-14(21)17-7-4-6-16(8-9-17)11(2)18/h12H,3-10H2,1-2H3,(H,15,21)(H,19,20). The fourth-order valence-electron chi connectivity index (χ4n) is 2.42. The maximum absolute atomic E-state index is 12.1. The monoisotopic (exact) mass is 299 g/mol. The highest BCUT2D eigenvalue weighted by Crippen LogP contribution is 2.07. The average molecular weight is 299 g/mol. The van der Waals surface area contributed by atoms with Gasteiger partial charge < -0.3 is 20.2 Å². The second-order valence-electron chi connectivity index (χ2n) is 5.36. The summed E-state index contributed by atoms with van der Waals surface area (Å²) in [6.07, 6.45) is 2.06. The fraction of sp³-hybridized carbons (Fsp3) is 0.786. The van der Waals surface area contributed by atoms with E-state index >= 15 is 0 Å². The van der Waals surface area contributed by atoms with Gasteiger partial charge in [-0.1, -0.05) is 13.3 Å². The summed E-state index contributed by atoms with van der Waals surface area (Å²) in [5, 5.41) is 11.8. The number of urea groups is 1. The Morgan fingerprint density at radius 3 is 2.33 bits per heavy atom. The van der Waals surface area contributed by atoms with Crippen LogP contribution in [-0.2, 0) is 9.59 Å². The van der Waals surface area contributed by atoms with Crippen LogP contribution in [0.3, 0.4) is 0 Å². The third kappa shape index (κ3) is 5.61. The summed E-state index contributed by atoms with van der Waals surface area (Å²) in [6.45, 7) is 5.85. The molecule has 0 aliphatic carbocycles. The predicted molar refractivity (Wildman–Crippen MR) is 77.9 cm³/mol. The van der Waals surface area contributed by atoms with Gasteiger partial charge in [-0.3, -0.25) is 9.59 Å². The maximum atomic E-state index is 12.1. The molecule has 120 valence electrons. The van der Waals surface area contributed by atoms with Crippen molar-refractivity contribution in [3.8, 4) is 0 Å². The van der Waals surface area contributed by atoms with E-state index in [-0.39, 0.29) is 18.5 Å². The maximum Gasteiger partial charge on any atom is 0.317 e. The Balaban J connectivity index is 2.44. The fourth-order valence-corrected chi connectivity index (χ4v) is 2.42. The van der Waals surface area contributed by atoms with Gasteiger partial charge in [-0.25, -0.2) is 4.79 Å². The molecule has 2 N–H and O–H groups in total. The molecule has 1 fully saturated rings. The molecule has 1 aliphatic rings.